The van der Waals surface area contributed by atoms with Gasteiger partial charge in [0.2, 0.25) is 5.95 Å². The third-order valence-corrected chi connectivity index (χ3v) is 6.69. The number of carbonyl (C=O) groups is 1. The average Bonchev–Trinajstić information content (AvgIpc) is 2.87. The number of benzene rings is 2. The molecular formula is C25H21F5N4O3. The van der Waals surface area contributed by atoms with E-state index in [1.54, 1.807) is 30.3 Å². The molecular weight excluding hydrogens is 499 g/mol. The van der Waals surface area contributed by atoms with Gasteiger partial charge in [-0.05, 0) is 29.7 Å². The van der Waals surface area contributed by atoms with Gasteiger partial charge in [-0.15, -0.1) is 0 Å². The van der Waals surface area contributed by atoms with E-state index in [1.165, 1.54) is 28.8 Å². The van der Waals surface area contributed by atoms with E-state index in [9.17, 15) is 31.5 Å². The number of alkyl halides is 4. The SMILES string of the molecule is Nc1nc2c(c(=O)n1C(c1ccccc1)c1ccc(F)cc1)CCN(C(=O)OC1CC(F)(F)C1(F)F)C2. The molecule has 0 radical (unpaired) electrons. The standard InChI is InChI=1S/C25H21F5N4O3/c26-16-8-6-15(7-9-16)20(14-4-2-1-3-5-14)34-21(35)17-10-11-33(13-18(17)32-22(34)31)23(36)37-19-12-24(27,28)25(19,29)30/h1-9,19-20H,10-13H2,(H2,31,32). The predicted octanol–water partition coefficient (Wildman–Crippen LogP) is 4.14. The van der Waals surface area contributed by atoms with Crippen LogP contribution in [0.1, 0.15) is 34.8 Å². The van der Waals surface area contributed by atoms with Crippen LogP contribution in [0.15, 0.2) is 59.4 Å². The number of carbonyl (C=O) groups excluding carboxylic acids is 1. The minimum Gasteiger partial charge on any atom is -0.439 e. The van der Waals surface area contributed by atoms with Gasteiger partial charge in [0.15, 0.2) is 6.10 Å². The minimum atomic E-state index is -4.44. The van der Waals surface area contributed by atoms with Crippen LogP contribution in [0.25, 0.3) is 0 Å². The molecule has 2 N–H and O–H groups in total. The molecule has 37 heavy (non-hydrogen) atoms. The van der Waals surface area contributed by atoms with Crippen LogP contribution in [0.3, 0.4) is 0 Å². The summed E-state index contributed by atoms with van der Waals surface area (Å²) in [4.78, 5) is 31.3. The van der Waals surface area contributed by atoms with Gasteiger partial charge in [0.25, 0.3) is 5.56 Å². The van der Waals surface area contributed by atoms with Gasteiger partial charge in [-0.3, -0.25) is 9.36 Å². The van der Waals surface area contributed by atoms with Crippen LogP contribution in [-0.4, -0.2) is 45.0 Å². The van der Waals surface area contributed by atoms with Gasteiger partial charge < -0.3 is 15.4 Å². The van der Waals surface area contributed by atoms with E-state index in [-0.39, 0.29) is 36.7 Å². The van der Waals surface area contributed by atoms with Gasteiger partial charge in [-0.25, -0.2) is 14.2 Å². The van der Waals surface area contributed by atoms with Gasteiger partial charge in [0.05, 0.1) is 24.7 Å². The quantitative estimate of drug-likeness (QED) is 0.523. The monoisotopic (exact) mass is 520 g/mol. The van der Waals surface area contributed by atoms with Crippen molar-refractivity contribution in [1.82, 2.24) is 14.5 Å². The zero-order chi connectivity index (χ0) is 26.5. The Labute approximate surface area is 207 Å². The normalized spacial score (nSPS) is 20.5. The van der Waals surface area contributed by atoms with Crippen LogP contribution in [0.4, 0.5) is 32.7 Å². The van der Waals surface area contributed by atoms with E-state index in [0.717, 1.165) is 4.90 Å². The number of hydrogen-bond acceptors (Lipinski definition) is 5. The topological polar surface area (TPSA) is 90.5 Å². The molecule has 5 rings (SSSR count). The molecule has 1 fully saturated rings. The Morgan fingerprint density at radius 1 is 1.05 bits per heavy atom. The molecule has 1 aromatic heterocycles. The van der Waals surface area contributed by atoms with E-state index >= 15 is 0 Å². The lowest BCUT2D eigenvalue weighted by Gasteiger charge is -2.43. The van der Waals surface area contributed by atoms with Crippen molar-refractivity contribution in [2.24, 2.45) is 0 Å². The summed E-state index contributed by atoms with van der Waals surface area (Å²) in [6.07, 6.45) is -4.69. The molecule has 194 valence electrons. The molecule has 2 heterocycles. The van der Waals surface area contributed by atoms with Gasteiger partial charge in [-0.1, -0.05) is 42.5 Å². The summed E-state index contributed by atoms with van der Waals surface area (Å²) in [6, 6.07) is 13.8. The summed E-state index contributed by atoms with van der Waals surface area (Å²) in [7, 11) is 0. The molecule has 1 aliphatic carbocycles. The first-order valence-corrected chi connectivity index (χ1v) is 11.4. The molecule has 0 spiro atoms. The van der Waals surface area contributed by atoms with E-state index in [1.807, 2.05) is 0 Å². The first-order chi connectivity index (χ1) is 17.5. The molecule has 0 bridgehead atoms. The third kappa shape index (κ3) is 4.19. The number of halogens is 5. The van der Waals surface area contributed by atoms with Crippen LogP contribution in [0, 0.1) is 5.82 Å². The summed E-state index contributed by atoms with van der Waals surface area (Å²) in [5, 5.41) is 0. The van der Waals surface area contributed by atoms with Gasteiger partial charge in [0.1, 0.15) is 5.82 Å². The lowest BCUT2D eigenvalue weighted by Crippen LogP contribution is -2.64. The van der Waals surface area contributed by atoms with Crippen molar-refractivity contribution >= 4 is 12.0 Å². The number of anilines is 1. The van der Waals surface area contributed by atoms with Crippen molar-refractivity contribution in [2.45, 2.75) is 43.4 Å². The van der Waals surface area contributed by atoms with Crippen molar-refractivity contribution in [3.63, 3.8) is 0 Å². The summed E-state index contributed by atoms with van der Waals surface area (Å²) in [6.45, 7) is -0.344. The number of amides is 1. The maximum Gasteiger partial charge on any atom is 0.410 e. The fourth-order valence-electron chi connectivity index (χ4n) is 4.61. The van der Waals surface area contributed by atoms with Crippen LogP contribution < -0.4 is 11.3 Å². The molecule has 0 saturated heterocycles. The van der Waals surface area contributed by atoms with E-state index in [2.05, 4.69) is 9.72 Å². The largest absolute Gasteiger partial charge is 0.439 e. The number of rotatable bonds is 4. The average molecular weight is 520 g/mol. The van der Waals surface area contributed by atoms with Crippen molar-refractivity contribution in [3.05, 3.63) is 93.2 Å². The van der Waals surface area contributed by atoms with Crippen LogP contribution in [-0.2, 0) is 17.7 Å². The second-order valence-corrected chi connectivity index (χ2v) is 9.01. The molecule has 1 saturated carbocycles. The molecule has 2 aliphatic rings. The van der Waals surface area contributed by atoms with E-state index in [0.29, 0.717) is 11.1 Å². The number of nitrogens with two attached hydrogens (primary N) is 1. The zero-order valence-corrected chi connectivity index (χ0v) is 19.2. The summed E-state index contributed by atoms with van der Waals surface area (Å²) in [5.74, 6) is -9.30. The fraction of sp³-hybridized carbons (Fsp3) is 0.320. The molecule has 12 heteroatoms. The zero-order valence-electron chi connectivity index (χ0n) is 19.2. The summed E-state index contributed by atoms with van der Waals surface area (Å²) < 4.78 is 72.7. The fourth-order valence-corrected chi connectivity index (χ4v) is 4.61. The van der Waals surface area contributed by atoms with Crippen LogP contribution in [0.2, 0.25) is 0 Å². The summed E-state index contributed by atoms with van der Waals surface area (Å²) >= 11 is 0. The van der Waals surface area contributed by atoms with E-state index < -0.39 is 47.9 Å². The number of nitrogen functional groups attached to an aromatic ring is 1. The van der Waals surface area contributed by atoms with Crippen molar-refractivity contribution < 1.29 is 31.5 Å². The highest BCUT2D eigenvalue weighted by Gasteiger charge is 2.74. The maximum absolute atomic E-state index is 13.6. The Morgan fingerprint density at radius 2 is 1.70 bits per heavy atom. The molecule has 7 nitrogen and oxygen atoms in total. The van der Waals surface area contributed by atoms with Gasteiger partial charge >= 0.3 is 17.9 Å². The lowest BCUT2D eigenvalue weighted by atomic mass is 9.85. The smallest absolute Gasteiger partial charge is 0.410 e. The molecule has 2 atom stereocenters. The first-order valence-electron chi connectivity index (χ1n) is 11.4. The van der Waals surface area contributed by atoms with Crippen LogP contribution >= 0.6 is 0 Å². The number of hydrogen-bond donors (Lipinski definition) is 1. The van der Waals surface area contributed by atoms with Crippen molar-refractivity contribution in [2.75, 3.05) is 12.3 Å². The Balaban J connectivity index is 1.45. The van der Waals surface area contributed by atoms with Crippen molar-refractivity contribution in [1.29, 1.82) is 0 Å². The second kappa shape index (κ2) is 8.86. The van der Waals surface area contributed by atoms with Gasteiger partial charge in [-0.2, -0.15) is 17.6 Å². The number of fused-ring (bicyclic) bond motifs is 1. The Bertz CT molecular complexity index is 1400. The maximum atomic E-state index is 13.6. The molecule has 1 aliphatic heterocycles. The third-order valence-electron chi connectivity index (χ3n) is 6.69. The number of ether oxygens (including phenoxy) is 1. The summed E-state index contributed by atoms with van der Waals surface area (Å²) in [5.41, 5.74) is 7.44. The van der Waals surface area contributed by atoms with Crippen molar-refractivity contribution in [3.8, 4) is 0 Å². The highest BCUT2D eigenvalue weighted by Crippen LogP contribution is 2.52. The number of nitrogens with zero attached hydrogens (tertiary/aromatic N) is 3. The Morgan fingerprint density at radius 3 is 2.32 bits per heavy atom. The van der Waals surface area contributed by atoms with Gasteiger partial charge in [0, 0.05) is 12.1 Å². The minimum absolute atomic E-state index is 0.0126. The first kappa shape index (κ1) is 24.7. The Hall–Kier alpha value is -3.96. The second-order valence-electron chi connectivity index (χ2n) is 9.01. The molecule has 1 amide bonds. The highest BCUT2D eigenvalue weighted by atomic mass is 19.3. The van der Waals surface area contributed by atoms with E-state index in [4.69, 9.17) is 5.73 Å². The molecule has 3 aromatic rings. The predicted molar refractivity (Wildman–Crippen MR) is 122 cm³/mol. The molecule has 2 aromatic carbocycles. The lowest BCUT2D eigenvalue weighted by molar-refractivity contribution is -0.330. The molecule has 2 unspecified atom stereocenters. The Kier molecular flexibility index (Phi) is 5.92. The number of aromatic nitrogens is 2. The highest BCUT2D eigenvalue weighted by molar-refractivity contribution is 5.68. The van der Waals surface area contributed by atoms with Crippen LogP contribution in [0.5, 0.6) is 0 Å².